The summed E-state index contributed by atoms with van der Waals surface area (Å²) >= 11 is 0. The molecule has 2 aromatic rings. The van der Waals surface area contributed by atoms with Crippen LogP contribution in [0.5, 0.6) is 0 Å². The van der Waals surface area contributed by atoms with Crippen LogP contribution in [0.3, 0.4) is 0 Å². The summed E-state index contributed by atoms with van der Waals surface area (Å²) in [4.78, 5) is 15.4. The van der Waals surface area contributed by atoms with Crippen LogP contribution in [-0.4, -0.2) is 18.1 Å². The molecule has 0 aliphatic heterocycles. The number of carbonyl (C=O) groups excluding carboxylic acids is 1. The Morgan fingerprint density at radius 1 is 1.21 bits per heavy atom. The largest absolute Gasteiger partial charge is 0.469 e. The van der Waals surface area contributed by atoms with E-state index in [2.05, 4.69) is 9.72 Å². The van der Waals surface area contributed by atoms with Crippen molar-refractivity contribution in [2.24, 2.45) is 0 Å². The molecular weight excluding hydrogens is 321 g/mol. The lowest BCUT2D eigenvalue weighted by Gasteiger charge is -2.22. The molecule has 0 saturated heterocycles. The number of benzene rings is 1. The average molecular weight is 334 g/mol. The van der Waals surface area contributed by atoms with Gasteiger partial charge in [-0.15, -0.1) is 0 Å². The van der Waals surface area contributed by atoms with Crippen LogP contribution in [0.15, 0.2) is 36.7 Å². The molecule has 1 heterocycles. The Bertz CT molecular complexity index is 790. The van der Waals surface area contributed by atoms with Gasteiger partial charge in [0, 0.05) is 12.1 Å². The van der Waals surface area contributed by atoms with Crippen LogP contribution in [-0.2, 0) is 9.53 Å². The number of nitriles is 1. The van der Waals surface area contributed by atoms with E-state index in [-0.39, 0.29) is 17.5 Å². The second-order valence-electron chi connectivity index (χ2n) is 5.10. The molecule has 24 heavy (non-hydrogen) atoms. The number of esters is 1. The fraction of sp³-hybridized carbons (Fsp3) is 0.235. The van der Waals surface area contributed by atoms with Gasteiger partial charge >= 0.3 is 5.97 Å². The van der Waals surface area contributed by atoms with Crippen LogP contribution < -0.4 is 0 Å². The van der Waals surface area contributed by atoms with Gasteiger partial charge in [0.15, 0.2) is 11.6 Å². The van der Waals surface area contributed by atoms with Gasteiger partial charge < -0.3 is 4.74 Å². The Hall–Kier alpha value is -2.88. The lowest BCUT2D eigenvalue weighted by atomic mass is 9.80. The van der Waals surface area contributed by atoms with E-state index in [0.29, 0.717) is 0 Å². The van der Waals surface area contributed by atoms with E-state index in [0.717, 1.165) is 24.4 Å². The van der Waals surface area contributed by atoms with Gasteiger partial charge in [-0.1, -0.05) is 6.07 Å². The summed E-state index contributed by atoms with van der Waals surface area (Å²) in [7, 11) is 1.18. The molecule has 124 valence electrons. The highest BCUT2D eigenvalue weighted by Gasteiger charge is 2.29. The maximum Gasteiger partial charge on any atom is 0.306 e. The van der Waals surface area contributed by atoms with Crippen molar-refractivity contribution in [3.8, 4) is 6.07 Å². The molecule has 1 aromatic heterocycles. The van der Waals surface area contributed by atoms with Gasteiger partial charge in [-0.25, -0.2) is 13.2 Å². The number of hydrogen-bond donors (Lipinski definition) is 0. The zero-order chi connectivity index (χ0) is 17.7. The average Bonchev–Trinajstić information content (AvgIpc) is 2.57. The highest BCUT2D eigenvalue weighted by Crippen LogP contribution is 2.36. The van der Waals surface area contributed by atoms with Crippen molar-refractivity contribution in [1.82, 2.24) is 4.98 Å². The third-order valence-electron chi connectivity index (χ3n) is 3.61. The first kappa shape index (κ1) is 17.5. The van der Waals surface area contributed by atoms with Gasteiger partial charge in [-0.2, -0.15) is 5.26 Å². The van der Waals surface area contributed by atoms with Crippen LogP contribution in [0.4, 0.5) is 13.2 Å². The third kappa shape index (κ3) is 3.90. The summed E-state index contributed by atoms with van der Waals surface area (Å²) in [6, 6.07) is 6.15. The molecule has 0 N–H and O–H groups in total. The molecule has 0 radical (unpaired) electrons. The number of nitrogens with zero attached hydrogens (tertiary/aromatic N) is 2. The minimum absolute atomic E-state index is 0.176. The number of aromatic nitrogens is 1. The Kier molecular flexibility index (Phi) is 5.53. The zero-order valence-electron chi connectivity index (χ0n) is 12.7. The maximum atomic E-state index is 13.5. The SMILES string of the molecule is COC(=O)C[C@@H](c1cncc(F)c1)[C@@H](C#N)c1ccc(F)c(F)c1. The number of rotatable bonds is 5. The number of ether oxygens (including phenoxy) is 1. The highest BCUT2D eigenvalue weighted by atomic mass is 19.2. The first-order chi connectivity index (χ1) is 11.5. The summed E-state index contributed by atoms with van der Waals surface area (Å²) in [5.41, 5.74) is 0.464. The van der Waals surface area contributed by atoms with Crippen LogP contribution in [0.2, 0.25) is 0 Å². The standard InChI is InChI=1S/C17H13F3N2O2/c1-24-17(23)6-13(11-4-12(18)9-22-8-11)14(7-21)10-2-3-15(19)16(20)5-10/h2-5,8-9,13-14H,6H2,1H3/t13-,14-/m0/s1. The minimum atomic E-state index is -1.11. The normalized spacial score (nSPS) is 13.0. The van der Waals surface area contributed by atoms with Gasteiger partial charge in [0.25, 0.3) is 0 Å². The maximum absolute atomic E-state index is 13.5. The van der Waals surface area contributed by atoms with E-state index >= 15 is 0 Å². The smallest absolute Gasteiger partial charge is 0.306 e. The predicted molar refractivity (Wildman–Crippen MR) is 78.3 cm³/mol. The monoisotopic (exact) mass is 334 g/mol. The number of pyridine rings is 1. The Morgan fingerprint density at radius 2 is 1.96 bits per heavy atom. The van der Waals surface area contributed by atoms with E-state index in [1.165, 1.54) is 19.4 Å². The van der Waals surface area contributed by atoms with Crippen molar-refractivity contribution >= 4 is 5.97 Å². The summed E-state index contributed by atoms with van der Waals surface area (Å²) in [5, 5.41) is 9.49. The van der Waals surface area contributed by atoms with Gasteiger partial charge in [-0.05, 0) is 29.3 Å². The molecular formula is C17H13F3N2O2. The van der Waals surface area contributed by atoms with E-state index in [1.54, 1.807) is 0 Å². The Labute approximate surface area is 136 Å². The van der Waals surface area contributed by atoms with Gasteiger partial charge in [0.2, 0.25) is 0 Å². The van der Waals surface area contributed by atoms with Crippen molar-refractivity contribution in [3.63, 3.8) is 0 Å². The van der Waals surface area contributed by atoms with Gasteiger partial charge in [-0.3, -0.25) is 9.78 Å². The summed E-state index contributed by atoms with van der Waals surface area (Å²) in [5.74, 6) is -5.25. The molecule has 0 spiro atoms. The summed E-state index contributed by atoms with van der Waals surface area (Å²) in [6.45, 7) is 0. The van der Waals surface area contributed by atoms with Crippen LogP contribution in [0.25, 0.3) is 0 Å². The van der Waals surface area contributed by atoms with Crippen molar-refractivity contribution < 1.29 is 22.7 Å². The topological polar surface area (TPSA) is 63.0 Å². The van der Waals surface area contributed by atoms with Gasteiger partial charge in [0.1, 0.15) is 5.82 Å². The fourth-order valence-electron chi connectivity index (χ4n) is 2.42. The van der Waals surface area contributed by atoms with E-state index < -0.39 is 35.3 Å². The van der Waals surface area contributed by atoms with Crippen molar-refractivity contribution in [1.29, 1.82) is 5.26 Å². The Balaban J connectivity index is 2.48. The number of carbonyl (C=O) groups is 1. The molecule has 1 aromatic carbocycles. The molecule has 2 rings (SSSR count). The number of methoxy groups -OCH3 is 1. The zero-order valence-corrected chi connectivity index (χ0v) is 12.7. The predicted octanol–water partition coefficient (Wildman–Crippen LogP) is 3.45. The van der Waals surface area contributed by atoms with E-state index in [9.17, 15) is 23.2 Å². The quantitative estimate of drug-likeness (QED) is 0.786. The third-order valence-corrected chi connectivity index (χ3v) is 3.61. The fourth-order valence-corrected chi connectivity index (χ4v) is 2.42. The lowest BCUT2D eigenvalue weighted by Crippen LogP contribution is -2.16. The molecule has 0 unspecified atom stereocenters. The van der Waals surface area contributed by atoms with Crippen molar-refractivity contribution in [2.45, 2.75) is 18.3 Å². The molecule has 0 bridgehead atoms. The number of halogens is 3. The van der Waals surface area contributed by atoms with Crippen LogP contribution in [0.1, 0.15) is 29.4 Å². The van der Waals surface area contributed by atoms with Gasteiger partial charge in [0.05, 0.1) is 31.7 Å². The molecule has 0 aliphatic carbocycles. The van der Waals surface area contributed by atoms with Crippen molar-refractivity contribution in [2.75, 3.05) is 7.11 Å². The van der Waals surface area contributed by atoms with E-state index in [4.69, 9.17) is 0 Å². The van der Waals surface area contributed by atoms with Crippen LogP contribution in [0, 0.1) is 28.8 Å². The lowest BCUT2D eigenvalue weighted by molar-refractivity contribution is -0.141. The molecule has 0 fully saturated rings. The van der Waals surface area contributed by atoms with Crippen molar-refractivity contribution in [3.05, 3.63) is 65.2 Å². The molecule has 0 aliphatic rings. The molecule has 0 saturated carbocycles. The molecule has 2 atom stereocenters. The molecule has 7 heteroatoms. The Morgan fingerprint density at radius 3 is 2.54 bits per heavy atom. The van der Waals surface area contributed by atoms with Crippen LogP contribution >= 0.6 is 0 Å². The number of hydrogen-bond acceptors (Lipinski definition) is 4. The molecule has 0 amide bonds. The van der Waals surface area contributed by atoms with E-state index in [1.807, 2.05) is 6.07 Å². The first-order valence-electron chi connectivity index (χ1n) is 6.98. The summed E-state index contributed by atoms with van der Waals surface area (Å²) in [6.07, 6.45) is 2.07. The molecule has 4 nitrogen and oxygen atoms in total. The second kappa shape index (κ2) is 7.59. The second-order valence-corrected chi connectivity index (χ2v) is 5.10. The first-order valence-corrected chi connectivity index (χ1v) is 6.98. The minimum Gasteiger partial charge on any atom is -0.469 e. The summed E-state index contributed by atoms with van der Waals surface area (Å²) < 4.78 is 44.7. The highest BCUT2D eigenvalue weighted by molar-refractivity contribution is 5.70.